The lowest BCUT2D eigenvalue weighted by atomic mass is 10.3. The molecule has 15 heavy (non-hydrogen) atoms. The largest absolute Gasteiger partial charge is 0.373 e. The van der Waals surface area contributed by atoms with Crippen LogP contribution < -0.4 is 0 Å². The fraction of sp³-hybridized carbons (Fsp3) is 1.00. The average Bonchev–Trinajstić information content (AvgIpc) is 2.15. The van der Waals surface area contributed by atoms with E-state index in [1.54, 1.807) is 25.4 Å². The molecule has 90 valence electrons. The van der Waals surface area contributed by atoms with Gasteiger partial charge in [0.2, 0.25) is 0 Å². The van der Waals surface area contributed by atoms with Gasteiger partial charge >= 0.3 is 0 Å². The molecule has 5 nitrogen and oxygen atoms in total. The van der Waals surface area contributed by atoms with Crippen molar-refractivity contribution in [2.45, 2.75) is 6.10 Å². The lowest BCUT2D eigenvalue weighted by molar-refractivity contribution is -0.0408. The van der Waals surface area contributed by atoms with Crippen LogP contribution in [0.1, 0.15) is 0 Å². The van der Waals surface area contributed by atoms with Crippen LogP contribution >= 0.6 is 7.52 Å². The fourth-order valence-corrected chi connectivity index (χ4v) is 1.98. The molecule has 0 N–H and O–H groups in total. The van der Waals surface area contributed by atoms with E-state index in [0.29, 0.717) is 6.61 Å². The van der Waals surface area contributed by atoms with Crippen molar-refractivity contribution in [3.05, 3.63) is 0 Å². The molecule has 2 atom stereocenters. The highest BCUT2D eigenvalue weighted by molar-refractivity contribution is 7.55. The number of morpholine rings is 1. The minimum atomic E-state index is -2.62. The first-order valence-corrected chi connectivity index (χ1v) is 7.14. The van der Waals surface area contributed by atoms with Crippen molar-refractivity contribution in [1.82, 2.24) is 9.57 Å². The SMILES string of the molecule is CN1CCOC(COP(C)(=O)N(C)C)C1. The zero-order chi connectivity index (χ0) is 11.5. The van der Waals surface area contributed by atoms with Gasteiger partial charge in [0.15, 0.2) is 0 Å². The molecule has 0 radical (unpaired) electrons. The number of hydrogen-bond acceptors (Lipinski definition) is 4. The van der Waals surface area contributed by atoms with Crippen molar-refractivity contribution in [3.8, 4) is 0 Å². The summed E-state index contributed by atoms with van der Waals surface area (Å²) in [6.07, 6.45) is 0.0389. The number of likely N-dealkylation sites (N-methyl/N-ethyl adjacent to an activating group) is 1. The Morgan fingerprint density at radius 1 is 1.60 bits per heavy atom. The summed E-state index contributed by atoms with van der Waals surface area (Å²) in [4.78, 5) is 2.19. The van der Waals surface area contributed by atoms with Crippen molar-refractivity contribution < 1.29 is 13.8 Å². The maximum Gasteiger partial charge on any atom is 0.268 e. The monoisotopic (exact) mass is 236 g/mol. The van der Waals surface area contributed by atoms with Gasteiger partial charge in [-0.15, -0.1) is 0 Å². The number of nitrogens with zero attached hydrogens (tertiary/aromatic N) is 2. The minimum Gasteiger partial charge on any atom is -0.373 e. The predicted molar refractivity (Wildman–Crippen MR) is 60.4 cm³/mol. The van der Waals surface area contributed by atoms with Crippen LogP contribution in [0, 0.1) is 0 Å². The van der Waals surface area contributed by atoms with E-state index in [-0.39, 0.29) is 6.10 Å². The highest BCUT2D eigenvalue weighted by atomic mass is 31.2. The second-order valence-electron chi connectivity index (χ2n) is 4.20. The topological polar surface area (TPSA) is 42.0 Å². The Labute approximate surface area is 91.8 Å². The first-order chi connectivity index (χ1) is 6.92. The lowest BCUT2D eigenvalue weighted by Gasteiger charge is -2.31. The van der Waals surface area contributed by atoms with Gasteiger partial charge in [-0.25, -0.2) is 4.67 Å². The Bertz CT molecular complexity index is 248. The highest BCUT2D eigenvalue weighted by Gasteiger charge is 2.24. The van der Waals surface area contributed by atoms with E-state index in [1.807, 2.05) is 7.05 Å². The molecular formula is C9H21N2O3P. The zero-order valence-corrected chi connectivity index (χ0v) is 10.9. The van der Waals surface area contributed by atoms with E-state index in [2.05, 4.69) is 4.90 Å². The van der Waals surface area contributed by atoms with E-state index >= 15 is 0 Å². The molecule has 0 amide bonds. The van der Waals surface area contributed by atoms with E-state index in [4.69, 9.17) is 9.26 Å². The van der Waals surface area contributed by atoms with Gasteiger partial charge in [0, 0.05) is 19.8 Å². The average molecular weight is 236 g/mol. The van der Waals surface area contributed by atoms with E-state index < -0.39 is 7.52 Å². The molecule has 1 saturated heterocycles. The van der Waals surface area contributed by atoms with E-state index in [1.165, 1.54) is 0 Å². The predicted octanol–water partition coefficient (Wildman–Crippen LogP) is 0.718. The Morgan fingerprint density at radius 3 is 2.80 bits per heavy atom. The van der Waals surface area contributed by atoms with Crippen molar-refractivity contribution in [1.29, 1.82) is 0 Å². The van der Waals surface area contributed by atoms with Gasteiger partial charge in [-0.05, 0) is 21.1 Å². The molecule has 1 rings (SSSR count). The molecule has 0 aromatic carbocycles. The van der Waals surface area contributed by atoms with Crippen LogP contribution in [-0.4, -0.2) is 69.8 Å². The molecule has 0 spiro atoms. The summed E-state index contributed by atoms with van der Waals surface area (Å²) in [5, 5.41) is 0. The van der Waals surface area contributed by atoms with Gasteiger partial charge in [0.25, 0.3) is 7.52 Å². The van der Waals surface area contributed by atoms with Gasteiger partial charge in [0.05, 0.1) is 19.3 Å². The van der Waals surface area contributed by atoms with Gasteiger partial charge < -0.3 is 14.2 Å². The summed E-state index contributed by atoms with van der Waals surface area (Å²) in [5.74, 6) is 0. The van der Waals surface area contributed by atoms with Gasteiger partial charge in [-0.2, -0.15) is 0 Å². The molecule has 0 saturated carbocycles. The molecule has 1 aliphatic heterocycles. The summed E-state index contributed by atoms with van der Waals surface area (Å²) in [6.45, 7) is 4.54. The van der Waals surface area contributed by atoms with Crippen molar-refractivity contribution in [2.24, 2.45) is 0 Å². The third kappa shape index (κ3) is 4.21. The molecule has 6 heteroatoms. The van der Waals surface area contributed by atoms with Crippen LogP contribution in [0.2, 0.25) is 0 Å². The maximum atomic E-state index is 11.9. The van der Waals surface area contributed by atoms with Gasteiger partial charge in [-0.3, -0.25) is 4.57 Å². The molecular weight excluding hydrogens is 215 g/mol. The molecule has 0 aromatic rings. The van der Waals surface area contributed by atoms with Crippen LogP contribution in [-0.2, 0) is 13.8 Å². The molecule has 2 unspecified atom stereocenters. The quantitative estimate of drug-likeness (QED) is 0.673. The number of rotatable bonds is 4. The second-order valence-corrected chi connectivity index (χ2v) is 6.87. The maximum absolute atomic E-state index is 11.9. The van der Waals surface area contributed by atoms with Crippen molar-refractivity contribution in [2.75, 3.05) is 54.1 Å². The van der Waals surface area contributed by atoms with Crippen molar-refractivity contribution in [3.63, 3.8) is 0 Å². The Morgan fingerprint density at radius 2 is 2.27 bits per heavy atom. The van der Waals surface area contributed by atoms with Crippen LogP contribution in [0.3, 0.4) is 0 Å². The van der Waals surface area contributed by atoms with Gasteiger partial charge in [0.1, 0.15) is 0 Å². The lowest BCUT2D eigenvalue weighted by Crippen LogP contribution is -2.42. The van der Waals surface area contributed by atoms with Crippen LogP contribution in [0.15, 0.2) is 0 Å². The third-order valence-electron chi connectivity index (χ3n) is 2.57. The van der Waals surface area contributed by atoms with E-state index in [0.717, 1.165) is 19.7 Å². The Balaban J connectivity index is 2.33. The molecule has 0 aliphatic carbocycles. The minimum absolute atomic E-state index is 0.0389. The third-order valence-corrected chi connectivity index (χ3v) is 4.65. The smallest absolute Gasteiger partial charge is 0.268 e. The van der Waals surface area contributed by atoms with E-state index in [9.17, 15) is 4.57 Å². The molecule has 0 bridgehead atoms. The van der Waals surface area contributed by atoms with Crippen LogP contribution in [0.4, 0.5) is 0 Å². The van der Waals surface area contributed by atoms with Crippen LogP contribution in [0.25, 0.3) is 0 Å². The summed E-state index contributed by atoms with van der Waals surface area (Å²) >= 11 is 0. The van der Waals surface area contributed by atoms with Crippen molar-refractivity contribution >= 4 is 7.52 Å². The summed E-state index contributed by atoms with van der Waals surface area (Å²) in [7, 11) is 2.95. The first-order valence-electron chi connectivity index (χ1n) is 5.12. The molecule has 1 aliphatic rings. The Kier molecular flexibility index (Phi) is 4.74. The normalized spacial score (nSPS) is 27.9. The fourth-order valence-electron chi connectivity index (χ4n) is 1.30. The summed E-state index contributed by atoms with van der Waals surface area (Å²) in [6, 6.07) is 0. The number of hydrogen-bond donors (Lipinski definition) is 0. The number of ether oxygens (including phenoxy) is 1. The zero-order valence-electron chi connectivity index (χ0n) is 9.97. The molecule has 1 fully saturated rings. The molecule has 0 aromatic heterocycles. The highest BCUT2D eigenvalue weighted by Crippen LogP contribution is 2.44. The first kappa shape index (κ1) is 13.1. The Hall–Kier alpha value is 0.0700. The van der Waals surface area contributed by atoms with Gasteiger partial charge in [-0.1, -0.05) is 0 Å². The molecule has 1 heterocycles. The standard InChI is InChI=1S/C9H21N2O3P/c1-10(2)15(4,12)14-8-9-7-11(3)5-6-13-9/h9H,5-8H2,1-4H3. The van der Waals surface area contributed by atoms with Crippen LogP contribution in [0.5, 0.6) is 0 Å². The summed E-state index contributed by atoms with van der Waals surface area (Å²) in [5.41, 5.74) is 0. The second kappa shape index (κ2) is 5.41. The summed E-state index contributed by atoms with van der Waals surface area (Å²) < 4.78 is 24.4.